The first-order valence-electron chi connectivity index (χ1n) is 5.36. The molecule has 2 aromatic rings. The molecular weight excluding hydrogens is 241 g/mol. The third-order valence-corrected chi connectivity index (χ3v) is 2.98. The summed E-state index contributed by atoms with van der Waals surface area (Å²) in [6, 6.07) is 8.64. The second-order valence-electron chi connectivity index (χ2n) is 3.77. The van der Waals surface area contributed by atoms with E-state index in [-0.39, 0.29) is 16.9 Å². The number of nitrogens with one attached hydrogen (secondary N) is 1. The van der Waals surface area contributed by atoms with Gasteiger partial charge in [0.05, 0.1) is 17.3 Å². The van der Waals surface area contributed by atoms with Crippen molar-refractivity contribution in [2.24, 2.45) is 0 Å². The van der Waals surface area contributed by atoms with E-state index in [0.29, 0.717) is 12.0 Å². The summed E-state index contributed by atoms with van der Waals surface area (Å²) in [5.41, 5.74) is 0.577. The van der Waals surface area contributed by atoms with Gasteiger partial charge in [-0.05, 0) is 37.2 Å². The zero-order valence-electron chi connectivity index (χ0n) is 9.41. The Morgan fingerprint density at radius 3 is 2.82 bits per heavy atom. The number of furan rings is 1. The Hall–Kier alpha value is -1.32. The molecule has 0 fully saturated rings. The predicted octanol–water partition coefficient (Wildman–Crippen LogP) is 3.58. The Kier molecular flexibility index (Phi) is 3.82. The van der Waals surface area contributed by atoms with Crippen molar-refractivity contribution in [2.75, 3.05) is 7.05 Å². The van der Waals surface area contributed by atoms with E-state index >= 15 is 0 Å². The molecule has 0 amide bonds. The molecule has 0 saturated heterocycles. The molecule has 1 atom stereocenters. The van der Waals surface area contributed by atoms with Crippen LogP contribution in [-0.4, -0.2) is 7.05 Å². The van der Waals surface area contributed by atoms with Crippen LogP contribution in [0.4, 0.5) is 4.39 Å². The first-order valence-corrected chi connectivity index (χ1v) is 5.73. The van der Waals surface area contributed by atoms with Gasteiger partial charge in [0.1, 0.15) is 11.6 Å². The van der Waals surface area contributed by atoms with Crippen molar-refractivity contribution in [3.05, 3.63) is 58.8 Å². The third kappa shape index (κ3) is 2.68. The highest BCUT2D eigenvalue weighted by atomic mass is 35.5. The molecule has 0 aliphatic rings. The van der Waals surface area contributed by atoms with E-state index in [9.17, 15) is 4.39 Å². The van der Waals surface area contributed by atoms with Gasteiger partial charge >= 0.3 is 0 Å². The second kappa shape index (κ2) is 5.34. The minimum Gasteiger partial charge on any atom is -0.468 e. The topological polar surface area (TPSA) is 25.2 Å². The zero-order chi connectivity index (χ0) is 12.3. The Bertz CT molecular complexity index is 484. The van der Waals surface area contributed by atoms with Gasteiger partial charge in [-0.2, -0.15) is 0 Å². The van der Waals surface area contributed by atoms with E-state index in [1.54, 1.807) is 24.5 Å². The summed E-state index contributed by atoms with van der Waals surface area (Å²) in [6.45, 7) is 0. The van der Waals surface area contributed by atoms with Crippen molar-refractivity contribution in [1.29, 1.82) is 0 Å². The van der Waals surface area contributed by atoms with E-state index in [1.807, 2.05) is 19.2 Å². The summed E-state index contributed by atoms with van der Waals surface area (Å²) in [5.74, 6) is 0.424. The van der Waals surface area contributed by atoms with Crippen molar-refractivity contribution in [3.8, 4) is 0 Å². The van der Waals surface area contributed by atoms with Gasteiger partial charge in [-0.1, -0.05) is 23.7 Å². The molecule has 0 radical (unpaired) electrons. The van der Waals surface area contributed by atoms with E-state index in [0.717, 1.165) is 5.76 Å². The van der Waals surface area contributed by atoms with Crippen LogP contribution in [0.15, 0.2) is 41.0 Å². The van der Waals surface area contributed by atoms with E-state index < -0.39 is 0 Å². The monoisotopic (exact) mass is 253 g/mol. The zero-order valence-corrected chi connectivity index (χ0v) is 10.2. The summed E-state index contributed by atoms with van der Waals surface area (Å²) in [4.78, 5) is 0. The van der Waals surface area contributed by atoms with E-state index in [2.05, 4.69) is 5.32 Å². The number of hydrogen-bond donors (Lipinski definition) is 1. The molecule has 1 N–H and O–H groups in total. The van der Waals surface area contributed by atoms with Gasteiger partial charge in [-0.3, -0.25) is 0 Å². The average Bonchev–Trinajstić information content (AvgIpc) is 2.85. The Morgan fingerprint density at radius 2 is 2.18 bits per heavy atom. The van der Waals surface area contributed by atoms with Gasteiger partial charge in [0.15, 0.2) is 0 Å². The Morgan fingerprint density at radius 1 is 1.35 bits per heavy atom. The van der Waals surface area contributed by atoms with E-state index in [4.69, 9.17) is 16.0 Å². The molecule has 0 aliphatic heterocycles. The van der Waals surface area contributed by atoms with Crippen LogP contribution < -0.4 is 5.32 Å². The van der Waals surface area contributed by atoms with Crippen LogP contribution in [-0.2, 0) is 6.42 Å². The Labute approximate surface area is 104 Å². The van der Waals surface area contributed by atoms with Crippen LogP contribution in [0.25, 0.3) is 0 Å². The SMILES string of the molecule is CNC(Cc1cccc(Cl)c1F)c1ccco1. The van der Waals surface area contributed by atoms with Gasteiger partial charge in [-0.25, -0.2) is 4.39 Å². The summed E-state index contributed by atoms with van der Waals surface area (Å²) >= 11 is 5.75. The maximum atomic E-state index is 13.7. The van der Waals surface area contributed by atoms with Crippen LogP contribution in [0.1, 0.15) is 17.4 Å². The van der Waals surface area contributed by atoms with Crippen molar-refractivity contribution in [2.45, 2.75) is 12.5 Å². The largest absolute Gasteiger partial charge is 0.468 e. The molecule has 0 spiro atoms. The van der Waals surface area contributed by atoms with Gasteiger partial charge in [0.25, 0.3) is 0 Å². The predicted molar refractivity (Wildman–Crippen MR) is 65.6 cm³/mol. The standard InChI is InChI=1S/C13H13ClFNO/c1-16-11(12-6-3-7-17-12)8-9-4-2-5-10(14)13(9)15/h2-7,11,16H,8H2,1H3. The maximum absolute atomic E-state index is 13.7. The van der Waals surface area contributed by atoms with Crippen LogP contribution in [0, 0.1) is 5.82 Å². The van der Waals surface area contributed by atoms with Crippen molar-refractivity contribution in [1.82, 2.24) is 5.32 Å². The minimum atomic E-state index is -0.360. The molecule has 2 rings (SSSR count). The lowest BCUT2D eigenvalue weighted by molar-refractivity contribution is 0.425. The Balaban J connectivity index is 2.22. The fraction of sp³-hybridized carbons (Fsp3) is 0.231. The van der Waals surface area contributed by atoms with Crippen LogP contribution in [0.5, 0.6) is 0 Å². The van der Waals surface area contributed by atoms with Gasteiger partial charge < -0.3 is 9.73 Å². The van der Waals surface area contributed by atoms with Gasteiger partial charge in [-0.15, -0.1) is 0 Å². The van der Waals surface area contributed by atoms with Crippen LogP contribution >= 0.6 is 11.6 Å². The fourth-order valence-electron chi connectivity index (χ4n) is 1.76. The highest BCUT2D eigenvalue weighted by molar-refractivity contribution is 6.30. The molecule has 0 aliphatic carbocycles. The molecule has 0 saturated carbocycles. The third-order valence-electron chi connectivity index (χ3n) is 2.69. The summed E-state index contributed by atoms with van der Waals surface area (Å²) in [7, 11) is 1.82. The summed E-state index contributed by atoms with van der Waals surface area (Å²) in [6.07, 6.45) is 2.10. The number of benzene rings is 1. The van der Waals surface area contributed by atoms with Crippen LogP contribution in [0.3, 0.4) is 0 Å². The smallest absolute Gasteiger partial charge is 0.145 e. The molecule has 2 nitrogen and oxygen atoms in total. The number of halogens is 2. The molecule has 1 unspecified atom stereocenters. The van der Waals surface area contributed by atoms with Crippen LogP contribution in [0.2, 0.25) is 5.02 Å². The molecular formula is C13H13ClFNO. The minimum absolute atomic E-state index is 0.0574. The summed E-state index contributed by atoms with van der Waals surface area (Å²) < 4.78 is 19.1. The number of likely N-dealkylation sites (N-methyl/N-ethyl adjacent to an activating group) is 1. The highest BCUT2D eigenvalue weighted by Crippen LogP contribution is 2.23. The van der Waals surface area contributed by atoms with Crippen molar-refractivity contribution in [3.63, 3.8) is 0 Å². The number of hydrogen-bond acceptors (Lipinski definition) is 2. The van der Waals surface area contributed by atoms with Crippen molar-refractivity contribution >= 4 is 11.6 Å². The average molecular weight is 254 g/mol. The normalized spacial score (nSPS) is 12.6. The quantitative estimate of drug-likeness (QED) is 0.901. The molecule has 1 aromatic carbocycles. The summed E-state index contributed by atoms with van der Waals surface area (Å²) in [5, 5.41) is 3.25. The molecule has 4 heteroatoms. The van der Waals surface area contributed by atoms with Gasteiger partial charge in [0, 0.05) is 0 Å². The molecule has 90 valence electrons. The first-order chi connectivity index (χ1) is 8.22. The molecule has 17 heavy (non-hydrogen) atoms. The second-order valence-corrected chi connectivity index (χ2v) is 4.18. The lowest BCUT2D eigenvalue weighted by Gasteiger charge is -2.14. The highest BCUT2D eigenvalue weighted by Gasteiger charge is 2.16. The number of rotatable bonds is 4. The maximum Gasteiger partial charge on any atom is 0.145 e. The molecule has 1 aromatic heterocycles. The fourth-order valence-corrected chi connectivity index (χ4v) is 1.95. The molecule has 0 bridgehead atoms. The van der Waals surface area contributed by atoms with Gasteiger partial charge in [0.2, 0.25) is 0 Å². The molecule has 1 heterocycles. The van der Waals surface area contributed by atoms with E-state index in [1.165, 1.54) is 0 Å². The lowest BCUT2D eigenvalue weighted by atomic mass is 10.0. The lowest BCUT2D eigenvalue weighted by Crippen LogP contribution is -2.18. The first kappa shape index (κ1) is 12.1. The van der Waals surface area contributed by atoms with Crippen molar-refractivity contribution < 1.29 is 8.81 Å².